The molecule has 0 aliphatic rings. The Bertz CT molecular complexity index is 649. The van der Waals surface area contributed by atoms with E-state index in [1.807, 2.05) is 0 Å². The van der Waals surface area contributed by atoms with Gasteiger partial charge in [-0.05, 0) is 48.9 Å². The summed E-state index contributed by atoms with van der Waals surface area (Å²) in [4.78, 5) is 0. The number of rotatable bonds is 5. The summed E-state index contributed by atoms with van der Waals surface area (Å²) < 4.78 is 19.3. The third-order valence-electron chi connectivity index (χ3n) is 2.88. The van der Waals surface area contributed by atoms with Crippen molar-refractivity contribution in [3.63, 3.8) is 0 Å². The van der Waals surface area contributed by atoms with E-state index in [4.69, 9.17) is 45.3 Å². The molecule has 2 aromatic carbocycles. The van der Waals surface area contributed by atoms with Crippen LogP contribution in [0.15, 0.2) is 30.3 Å². The van der Waals surface area contributed by atoms with Gasteiger partial charge >= 0.3 is 0 Å². The first kappa shape index (κ1) is 16.4. The maximum atomic E-state index is 13.7. The number of hydrogen-bond donors (Lipinski definition) is 1. The fourth-order valence-electron chi connectivity index (χ4n) is 1.92. The van der Waals surface area contributed by atoms with Gasteiger partial charge < -0.3 is 10.5 Å². The van der Waals surface area contributed by atoms with Crippen LogP contribution in [0.25, 0.3) is 0 Å². The maximum absolute atomic E-state index is 13.7. The second-order valence-corrected chi connectivity index (χ2v) is 5.72. The summed E-state index contributed by atoms with van der Waals surface area (Å²) in [5, 5.41) is 1.32. The van der Waals surface area contributed by atoms with Gasteiger partial charge in [0.1, 0.15) is 18.2 Å². The first-order chi connectivity index (χ1) is 10.0. The second-order valence-electron chi connectivity index (χ2n) is 4.44. The largest absolute Gasteiger partial charge is 0.487 e. The highest BCUT2D eigenvalue weighted by atomic mass is 35.5. The molecular weight excluding hydrogens is 336 g/mol. The summed E-state index contributed by atoms with van der Waals surface area (Å²) >= 11 is 17.9. The molecule has 2 rings (SSSR count). The van der Waals surface area contributed by atoms with E-state index >= 15 is 0 Å². The number of halogens is 4. The van der Waals surface area contributed by atoms with E-state index in [1.165, 1.54) is 18.2 Å². The zero-order chi connectivity index (χ0) is 15.4. The van der Waals surface area contributed by atoms with E-state index in [9.17, 15) is 4.39 Å². The molecule has 0 fully saturated rings. The van der Waals surface area contributed by atoms with Gasteiger partial charge in [-0.25, -0.2) is 4.39 Å². The molecule has 0 saturated heterocycles. The van der Waals surface area contributed by atoms with Crippen LogP contribution in [0.1, 0.15) is 11.1 Å². The van der Waals surface area contributed by atoms with Crippen molar-refractivity contribution in [3.8, 4) is 5.75 Å². The smallest absolute Gasteiger partial charge is 0.141 e. The predicted molar refractivity (Wildman–Crippen MR) is 85.0 cm³/mol. The standard InChI is InChI=1S/C15H13Cl3FNO/c16-11-1-2-14(19)10(6-11)8-21-15-9(3-4-20)5-12(17)7-13(15)18/h1-2,5-7H,3-4,8,20H2. The highest BCUT2D eigenvalue weighted by Crippen LogP contribution is 2.33. The molecule has 0 saturated carbocycles. The number of benzene rings is 2. The van der Waals surface area contributed by atoms with Crippen LogP contribution in [-0.2, 0) is 13.0 Å². The summed E-state index contributed by atoms with van der Waals surface area (Å²) in [6.07, 6.45) is 0.563. The van der Waals surface area contributed by atoms with Gasteiger partial charge in [0.05, 0.1) is 5.02 Å². The van der Waals surface area contributed by atoms with Crippen LogP contribution in [0.5, 0.6) is 5.75 Å². The normalized spacial score (nSPS) is 10.7. The molecule has 0 bridgehead atoms. The molecule has 0 atom stereocenters. The van der Waals surface area contributed by atoms with Crippen LogP contribution in [-0.4, -0.2) is 6.54 Å². The average Bonchev–Trinajstić information content (AvgIpc) is 2.41. The van der Waals surface area contributed by atoms with Crippen molar-refractivity contribution < 1.29 is 9.13 Å². The number of nitrogens with two attached hydrogens (primary N) is 1. The van der Waals surface area contributed by atoms with E-state index in [1.54, 1.807) is 12.1 Å². The minimum Gasteiger partial charge on any atom is -0.487 e. The van der Waals surface area contributed by atoms with Gasteiger partial charge in [-0.1, -0.05) is 34.8 Å². The topological polar surface area (TPSA) is 35.2 Å². The van der Waals surface area contributed by atoms with Gasteiger partial charge in [0.25, 0.3) is 0 Å². The number of hydrogen-bond acceptors (Lipinski definition) is 2. The minimum atomic E-state index is -0.384. The Morgan fingerprint density at radius 3 is 2.43 bits per heavy atom. The average molecular weight is 349 g/mol. The van der Waals surface area contributed by atoms with Crippen LogP contribution in [0.2, 0.25) is 15.1 Å². The van der Waals surface area contributed by atoms with Gasteiger partial charge in [-0.15, -0.1) is 0 Å². The molecule has 2 nitrogen and oxygen atoms in total. The third-order valence-corrected chi connectivity index (χ3v) is 3.61. The summed E-state index contributed by atoms with van der Waals surface area (Å²) in [7, 11) is 0. The molecule has 0 aliphatic heterocycles. The minimum absolute atomic E-state index is 0.0192. The summed E-state index contributed by atoms with van der Waals surface area (Å²) in [5.74, 6) is 0.0794. The molecule has 0 unspecified atom stereocenters. The Morgan fingerprint density at radius 1 is 1.00 bits per heavy atom. The van der Waals surface area contributed by atoms with Gasteiger partial charge in [0.15, 0.2) is 0 Å². The Kier molecular flexibility index (Phi) is 5.71. The summed E-state index contributed by atoms with van der Waals surface area (Å²) in [6.45, 7) is 0.448. The molecule has 21 heavy (non-hydrogen) atoms. The van der Waals surface area contributed by atoms with Crippen molar-refractivity contribution in [2.45, 2.75) is 13.0 Å². The molecular formula is C15H13Cl3FNO. The lowest BCUT2D eigenvalue weighted by atomic mass is 10.1. The Labute approximate surface area is 137 Å². The van der Waals surface area contributed by atoms with E-state index in [0.717, 1.165) is 5.56 Å². The lowest BCUT2D eigenvalue weighted by Gasteiger charge is -2.14. The molecule has 0 radical (unpaired) electrons. The molecule has 0 aliphatic carbocycles. The molecule has 0 amide bonds. The molecule has 2 N–H and O–H groups in total. The van der Waals surface area contributed by atoms with Gasteiger partial charge in [-0.2, -0.15) is 0 Å². The first-order valence-electron chi connectivity index (χ1n) is 6.26. The van der Waals surface area contributed by atoms with Crippen molar-refractivity contribution >= 4 is 34.8 Å². The Morgan fingerprint density at radius 2 is 1.71 bits per heavy atom. The fourth-order valence-corrected chi connectivity index (χ4v) is 2.71. The van der Waals surface area contributed by atoms with E-state index in [0.29, 0.717) is 39.3 Å². The van der Waals surface area contributed by atoms with Crippen molar-refractivity contribution in [2.75, 3.05) is 6.54 Å². The van der Waals surface area contributed by atoms with Gasteiger partial charge in [-0.3, -0.25) is 0 Å². The fraction of sp³-hybridized carbons (Fsp3) is 0.200. The van der Waals surface area contributed by atoms with Crippen LogP contribution in [0.3, 0.4) is 0 Å². The molecule has 112 valence electrons. The van der Waals surface area contributed by atoms with E-state index in [-0.39, 0.29) is 12.4 Å². The van der Waals surface area contributed by atoms with Gasteiger partial charge in [0, 0.05) is 15.6 Å². The molecule has 0 aromatic heterocycles. The summed E-state index contributed by atoms with van der Waals surface area (Å²) in [6, 6.07) is 7.61. The molecule has 0 spiro atoms. The van der Waals surface area contributed by atoms with Crippen LogP contribution >= 0.6 is 34.8 Å². The zero-order valence-corrected chi connectivity index (χ0v) is 13.3. The zero-order valence-electron chi connectivity index (χ0n) is 11.0. The van der Waals surface area contributed by atoms with E-state index < -0.39 is 0 Å². The number of ether oxygens (including phenoxy) is 1. The summed E-state index contributed by atoms with van der Waals surface area (Å²) in [5.41, 5.74) is 6.70. The highest BCUT2D eigenvalue weighted by molar-refractivity contribution is 6.35. The molecule has 0 heterocycles. The predicted octanol–water partition coefficient (Wildman–Crippen LogP) is 4.87. The van der Waals surface area contributed by atoms with Gasteiger partial charge in [0.2, 0.25) is 0 Å². The van der Waals surface area contributed by atoms with Crippen molar-refractivity contribution in [1.82, 2.24) is 0 Å². The molecule has 6 heteroatoms. The third kappa shape index (κ3) is 4.24. The highest BCUT2D eigenvalue weighted by Gasteiger charge is 2.12. The van der Waals surface area contributed by atoms with Crippen molar-refractivity contribution in [2.24, 2.45) is 5.73 Å². The Balaban J connectivity index is 2.25. The monoisotopic (exact) mass is 347 g/mol. The second kappa shape index (κ2) is 7.32. The lowest BCUT2D eigenvalue weighted by Crippen LogP contribution is -2.06. The maximum Gasteiger partial charge on any atom is 0.141 e. The lowest BCUT2D eigenvalue weighted by molar-refractivity contribution is 0.297. The first-order valence-corrected chi connectivity index (χ1v) is 7.39. The van der Waals surface area contributed by atoms with Crippen LogP contribution in [0, 0.1) is 5.82 Å². The van der Waals surface area contributed by atoms with Crippen molar-refractivity contribution in [1.29, 1.82) is 0 Å². The van der Waals surface area contributed by atoms with Crippen LogP contribution in [0.4, 0.5) is 4.39 Å². The van der Waals surface area contributed by atoms with Crippen molar-refractivity contribution in [3.05, 3.63) is 62.3 Å². The quantitative estimate of drug-likeness (QED) is 0.837. The van der Waals surface area contributed by atoms with E-state index in [2.05, 4.69) is 0 Å². The SMILES string of the molecule is NCCc1cc(Cl)cc(Cl)c1OCc1cc(Cl)ccc1F. The Hall–Kier alpha value is -1.00. The van der Waals surface area contributed by atoms with Crippen LogP contribution < -0.4 is 10.5 Å². The molecule has 2 aromatic rings.